The number of anilines is 1. The van der Waals surface area contributed by atoms with Gasteiger partial charge in [0.05, 0.1) is 16.3 Å². The van der Waals surface area contributed by atoms with Crippen molar-refractivity contribution in [2.75, 3.05) is 5.32 Å². The number of carbonyl (C=O) groups excluding carboxylic acids is 2. The molecule has 0 bridgehead atoms. The van der Waals surface area contributed by atoms with E-state index in [0.29, 0.717) is 10.7 Å². The Morgan fingerprint density at radius 3 is 2.54 bits per heavy atom. The zero-order chi connectivity index (χ0) is 17.5. The number of rotatable bonds is 5. The van der Waals surface area contributed by atoms with Crippen LogP contribution < -0.4 is 10.7 Å². The van der Waals surface area contributed by atoms with Gasteiger partial charge in [-0.25, -0.2) is 9.82 Å². The van der Waals surface area contributed by atoms with E-state index in [2.05, 4.69) is 15.8 Å². The molecule has 0 spiro atoms. The molecule has 5 nitrogen and oxygen atoms in total. The van der Waals surface area contributed by atoms with Crippen LogP contribution in [0.3, 0.4) is 0 Å². The number of amides is 2. The molecular weight excluding hydrogens is 356 g/mol. The van der Waals surface area contributed by atoms with E-state index in [9.17, 15) is 14.0 Å². The van der Waals surface area contributed by atoms with Crippen LogP contribution in [-0.2, 0) is 9.59 Å². The Balaban J connectivity index is 1.84. The zero-order valence-electron chi connectivity index (χ0n) is 12.2. The number of nitrogens with zero attached hydrogens (tertiary/aromatic N) is 1. The summed E-state index contributed by atoms with van der Waals surface area (Å²) in [6, 6.07) is 10.5. The molecule has 2 amide bonds. The predicted molar refractivity (Wildman–Crippen MR) is 91.8 cm³/mol. The van der Waals surface area contributed by atoms with Crippen LogP contribution in [0.2, 0.25) is 10.0 Å². The largest absolute Gasteiger partial charge is 0.326 e. The van der Waals surface area contributed by atoms with Gasteiger partial charge in [0.2, 0.25) is 11.8 Å². The minimum absolute atomic E-state index is 0.220. The van der Waals surface area contributed by atoms with Crippen molar-refractivity contribution in [2.24, 2.45) is 5.10 Å². The van der Waals surface area contributed by atoms with E-state index in [4.69, 9.17) is 23.2 Å². The van der Waals surface area contributed by atoms with Crippen molar-refractivity contribution >= 4 is 46.9 Å². The van der Waals surface area contributed by atoms with Crippen molar-refractivity contribution in [3.8, 4) is 0 Å². The summed E-state index contributed by atoms with van der Waals surface area (Å²) in [7, 11) is 0. The minimum Gasteiger partial charge on any atom is -0.326 e. The summed E-state index contributed by atoms with van der Waals surface area (Å²) in [5.74, 6) is -1.65. The molecule has 0 fully saturated rings. The fourth-order valence-corrected chi connectivity index (χ4v) is 2.02. The molecule has 0 aliphatic heterocycles. The van der Waals surface area contributed by atoms with E-state index in [1.54, 1.807) is 18.2 Å². The lowest BCUT2D eigenvalue weighted by Crippen LogP contribution is -2.24. The van der Waals surface area contributed by atoms with Crippen LogP contribution in [-0.4, -0.2) is 18.0 Å². The average molecular weight is 368 g/mol. The van der Waals surface area contributed by atoms with Crippen LogP contribution in [0.15, 0.2) is 47.6 Å². The second-order valence-corrected chi connectivity index (χ2v) is 5.48. The monoisotopic (exact) mass is 367 g/mol. The summed E-state index contributed by atoms with van der Waals surface area (Å²) in [6.07, 6.45) is 0.707. The minimum atomic E-state index is -0.639. The van der Waals surface area contributed by atoms with Crippen molar-refractivity contribution in [3.05, 3.63) is 63.9 Å². The highest BCUT2D eigenvalue weighted by Crippen LogP contribution is 2.24. The highest BCUT2D eigenvalue weighted by Gasteiger charge is 2.10. The number of carbonyl (C=O) groups is 2. The molecule has 8 heteroatoms. The maximum Gasteiger partial charge on any atom is 0.249 e. The zero-order valence-corrected chi connectivity index (χ0v) is 13.7. The van der Waals surface area contributed by atoms with Crippen LogP contribution in [0, 0.1) is 5.82 Å². The van der Waals surface area contributed by atoms with Crippen LogP contribution in [0.5, 0.6) is 0 Å². The van der Waals surface area contributed by atoms with Crippen LogP contribution in [0.1, 0.15) is 12.0 Å². The fourth-order valence-electron chi connectivity index (χ4n) is 1.72. The number of benzene rings is 2. The third-order valence-electron chi connectivity index (χ3n) is 2.82. The Labute approximate surface area is 147 Å². The van der Waals surface area contributed by atoms with Crippen LogP contribution >= 0.6 is 23.2 Å². The first-order valence-corrected chi connectivity index (χ1v) is 7.52. The first-order chi connectivity index (χ1) is 11.5. The molecule has 2 aromatic rings. The maximum absolute atomic E-state index is 13.3. The maximum atomic E-state index is 13.3. The van der Waals surface area contributed by atoms with Gasteiger partial charge in [-0.1, -0.05) is 41.4 Å². The van der Waals surface area contributed by atoms with Gasteiger partial charge >= 0.3 is 0 Å². The van der Waals surface area contributed by atoms with Crippen molar-refractivity contribution in [2.45, 2.75) is 6.42 Å². The standard InChI is InChI=1S/C16H12Cl2FN3O2/c17-12-6-5-11(7-13(12)18)21-15(23)8-16(24)22-20-9-10-3-1-2-4-14(10)19/h1-7,9H,8H2,(H,21,23)(H,22,24)/b20-9-. The quantitative estimate of drug-likeness (QED) is 0.481. The molecule has 0 aromatic heterocycles. The molecular formula is C16H12Cl2FN3O2. The van der Waals surface area contributed by atoms with E-state index in [1.165, 1.54) is 24.3 Å². The molecule has 0 aliphatic carbocycles. The molecule has 0 unspecified atom stereocenters. The summed E-state index contributed by atoms with van der Waals surface area (Å²) in [4.78, 5) is 23.4. The molecule has 2 N–H and O–H groups in total. The van der Waals surface area contributed by atoms with Crippen LogP contribution in [0.25, 0.3) is 0 Å². The van der Waals surface area contributed by atoms with Gasteiger partial charge in [-0.15, -0.1) is 0 Å². The Bertz CT molecular complexity index is 797. The van der Waals surface area contributed by atoms with Crippen molar-refractivity contribution < 1.29 is 14.0 Å². The Hall–Kier alpha value is -2.44. The highest BCUT2D eigenvalue weighted by atomic mass is 35.5. The second-order valence-electron chi connectivity index (χ2n) is 4.67. The number of nitrogens with one attached hydrogen (secondary N) is 2. The van der Waals surface area contributed by atoms with Gasteiger partial charge in [0, 0.05) is 11.3 Å². The molecule has 0 aliphatic rings. The van der Waals surface area contributed by atoms with Crippen molar-refractivity contribution in [1.82, 2.24) is 5.43 Å². The molecule has 0 heterocycles. The first kappa shape index (κ1) is 17.9. The summed E-state index contributed by atoms with van der Waals surface area (Å²) in [5.41, 5.74) is 2.79. The first-order valence-electron chi connectivity index (χ1n) is 6.77. The SMILES string of the molecule is O=C(CC(=O)Nc1ccc(Cl)c(Cl)c1)N/N=C\c1ccccc1F. The third-order valence-corrected chi connectivity index (χ3v) is 3.56. The number of hydrogen-bond acceptors (Lipinski definition) is 3. The molecule has 0 saturated heterocycles. The summed E-state index contributed by atoms with van der Waals surface area (Å²) >= 11 is 11.6. The second kappa shape index (κ2) is 8.42. The molecule has 2 rings (SSSR count). The van der Waals surface area contributed by atoms with Crippen molar-refractivity contribution in [1.29, 1.82) is 0 Å². The van der Waals surface area contributed by atoms with Gasteiger partial charge in [0.1, 0.15) is 12.2 Å². The predicted octanol–water partition coefficient (Wildman–Crippen LogP) is 3.61. The molecule has 24 heavy (non-hydrogen) atoms. The Morgan fingerprint density at radius 2 is 1.83 bits per heavy atom. The average Bonchev–Trinajstić information content (AvgIpc) is 2.52. The number of halogens is 3. The lowest BCUT2D eigenvalue weighted by molar-refractivity contribution is -0.126. The molecule has 0 atom stereocenters. The van der Waals surface area contributed by atoms with Gasteiger partial charge in [0.15, 0.2) is 0 Å². The molecule has 124 valence electrons. The summed E-state index contributed by atoms with van der Waals surface area (Å²) < 4.78 is 13.3. The molecule has 2 aromatic carbocycles. The molecule has 0 radical (unpaired) electrons. The number of hydrazone groups is 1. The summed E-state index contributed by atoms with van der Waals surface area (Å²) in [5, 5.41) is 6.75. The topological polar surface area (TPSA) is 70.6 Å². The van der Waals surface area contributed by atoms with Gasteiger partial charge < -0.3 is 5.32 Å². The molecule has 0 saturated carbocycles. The van der Waals surface area contributed by atoms with Gasteiger partial charge in [-0.2, -0.15) is 5.10 Å². The highest BCUT2D eigenvalue weighted by molar-refractivity contribution is 6.42. The van der Waals surface area contributed by atoms with Gasteiger partial charge in [0.25, 0.3) is 0 Å². The van der Waals surface area contributed by atoms with E-state index in [1.807, 2.05) is 0 Å². The summed E-state index contributed by atoms with van der Waals surface area (Å²) in [6.45, 7) is 0. The third kappa shape index (κ3) is 5.33. The lowest BCUT2D eigenvalue weighted by atomic mass is 10.2. The number of hydrogen-bond donors (Lipinski definition) is 2. The Morgan fingerprint density at radius 1 is 1.08 bits per heavy atom. The van der Waals surface area contributed by atoms with Gasteiger partial charge in [-0.3, -0.25) is 9.59 Å². The van der Waals surface area contributed by atoms with E-state index in [-0.39, 0.29) is 10.6 Å². The normalized spacial score (nSPS) is 10.6. The smallest absolute Gasteiger partial charge is 0.249 e. The van der Waals surface area contributed by atoms with Crippen LogP contribution in [0.4, 0.5) is 10.1 Å². The van der Waals surface area contributed by atoms with E-state index < -0.39 is 24.1 Å². The Kier molecular flexibility index (Phi) is 6.28. The van der Waals surface area contributed by atoms with E-state index >= 15 is 0 Å². The van der Waals surface area contributed by atoms with E-state index in [0.717, 1.165) is 6.21 Å². The lowest BCUT2D eigenvalue weighted by Gasteiger charge is -2.05. The van der Waals surface area contributed by atoms with Crippen molar-refractivity contribution in [3.63, 3.8) is 0 Å². The van der Waals surface area contributed by atoms with Gasteiger partial charge in [-0.05, 0) is 24.3 Å². The fraction of sp³-hybridized carbons (Fsp3) is 0.0625.